The average molecular weight is 508 g/mol. The molecule has 2 rings (SSSR count). The Morgan fingerprint density at radius 3 is 2.12 bits per heavy atom. The normalized spacial score (nSPS) is 15.1. The minimum atomic E-state index is -1.02. The second-order valence-electron chi connectivity index (χ2n) is 9.49. The maximum Gasteiger partial charge on any atom is 0.325 e. The van der Waals surface area contributed by atoms with E-state index in [0.717, 1.165) is 73.6 Å². The van der Waals surface area contributed by atoms with Crippen LogP contribution in [0.4, 0.5) is 0 Å². The van der Waals surface area contributed by atoms with Gasteiger partial charge in [0.25, 0.3) is 0 Å². The third-order valence-corrected chi connectivity index (χ3v) is 8.58. The number of carbonyl (C=O) groups is 2. The van der Waals surface area contributed by atoms with Crippen LogP contribution in [0, 0.1) is 17.3 Å². The molecular weight excluding hydrogens is 466 g/mol. The van der Waals surface area contributed by atoms with Crippen LogP contribution in [0.15, 0.2) is 28.6 Å². The van der Waals surface area contributed by atoms with Gasteiger partial charge >= 0.3 is 11.9 Å². The van der Waals surface area contributed by atoms with Crippen molar-refractivity contribution in [2.75, 3.05) is 0 Å². The van der Waals surface area contributed by atoms with Gasteiger partial charge in [0, 0.05) is 0 Å². The zero-order chi connectivity index (χ0) is 25.0. The van der Waals surface area contributed by atoms with Crippen molar-refractivity contribution in [3.8, 4) is 0 Å². The molecule has 2 unspecified atom stereocenters. The van der Waals surface area contributed by atoms with Crippen LogP contribution in [-0.2, 0) is 13.8 Å². The summed E-state index contributed by atoms with van der Waals surface area (Å²) in [7, 11) is 0. The fraction of sp³-hybridized carbons (Fsp3) is 0.667. The number of aliphatic carboxylic acids is 1. The number of rotatable bonds is 17. The molecule has 0 aliphatic rings. The van der Waals surface area contributed by atoms with Gasteiger partial charge in [0.05, 0.1) is 22.1 Å². The number of carbonyl (C=O) groups excluding carboxylic acids is 1. The number of unbranched alkanes of at least 4 members (excludes halogenated alkanes) is 2. The Kier molecular flexibility index (Phi) is 12.4. The number of carboxylic acid groups (broad SMARTS) is 1. The molecule has 0 fully saturated rings. The van der Waals surface area contributed by atoms with Crippen molar-refractivity contribution in [2.45, 2.75) is 103 Å². The van der Waals surface area contributed by atoms with Gasteiger partial charge in [-0.3, -0.25) is 9.59 Å². The Bertz CT molecular complexity index is 847. The average Bonchev–Trinajstić information content (AvgIpc) is 3.25. The number of thiazole rings is 1. The lowest BCUT2D eigenvalue weighted by molar-refractivity contribution is -0.155. The maximum absolute atomic E-state index is 13.7. The third kappa shape index (κ3) is 8.56. The monoisotopic (exact) mass is 507 g/mol. The van der Waals surface area contributed by atoms with Gasteiger partial charge in [-0.15, -0.1) is 11.3 Å². The highest BCUT2D eigenvalue weighted by Gasteiger charge is 2.45. The van der Waals surface area contributed by atoms with Crippen molar-refractivity contribution < 1.29 is 18.9 Å². The van der Waals surface area contributed by atoms with Crippen molar-refractivity contribution in [1.29, 1.82) is 0 Å². The van der Waals surface area contributed by atoms with E-state index in [1.807, 2.05) is 24.3 Å². The van der Waals surface area contributed by atoms with E-state index < -0.39 is 17.4 Å². The molecule has 0 radical (unpaired) electrons. The molecule has 0 saturated carbocycles. The summed E-state index contributed by atoms with van der Waals surface area (Å²) in [5.41, 5.74) is -0.141. The Morgan fingerprint density at radius 1 is 1.03 bits per heavy atom. The summed E-state index contributed by atoms with van der Waals surface area (Å²) in [5.74, 6) is -0.715. The number of nitrogens with zero attached hydrogens (tertiary/aromatic N) is 1. The number of fused-ring (bicyclic) bond motifs is 1. The van der Waals surface area contributed by atoms with E-state index in [0.29, 0.717) is 29.0 Å². The molecule has 34 heavy (non-hydrogen) atoms. The van der Waals surface area contributed by atoms with Gasteiger partial charge in [-0.25, -0.2) is 4.98 Å². The minimum Gasteiger partial charge on any atom is -0.481 e. The van der Waals surface area contributed by atoms with Crippen molar-refractivity contribution in [1.82, 2.24) is 4.98 Å². The molecule has 190 valence electrons. The van der Waals surface area contributed by atoms with E-state index in [1.165, 1.54) is 11.3 Å². The molecular formula is C27H41NO4S2. The van der Waals surface area contributed by atoms with Crippen LogP contribution in [0.2, 0.25) is 0 Å². The summed E-state index contributed by atoms with van der Waals surface area (Å²) in [4.78, 5) is 30.3. The fourth-order valence-electron chi connectivity index (χ4n) is 4.80. The molecule has 1 N–H and O–H groups in total. The summed E-state index contributed by atoms with van der Waals surface area (Å²) in [6, 6.07) is 7.82. The Morgan fingerprint density at radius 2 is 1.62 bits per heavy atom. The van der Waals surface area contributed by atoms with Crippen LogP contribution in [0.25, 0.3) is 10.2 Å². The quantitative estimate of drug-likeness (QED) is 0.216. The first kappa shape index (κ1) is 28.6. The van der Waals surface area contributed by atoms with Crippen molar-refractivity contribution in [2.24, 2.45) is 17.3 Å². The van der Waals surface area contributed by atoms with E-state index >= 15 is 0 Å². The van der Waals surface area contributed by atoms with Gasteiger partial charge in [0.15, 0.2) is 4.34 Å². The predicted molar refractivity (Wildman–Crippen MR) is 142 cm³/mol. The summed E-state index contributed by atoms with van der Waals surface area (Å²) in [5, 5.41) is 9.88. The SMILES string of the molecule is CCCCC(CC)CC(CC(=O)O)(CC(CC)CCCC)C(=O)OSc1nc2ccccc2s1. The second-order valence-corrected chi connectivity index (χ2v) is 11.5. The largest absolute Gasteiger partial charge is 0.481 e. The first-order valence-electron chi connectivity index (χ1n) is 12.8. The van der Waals surface area contributed by atoms with E-state index in [1.54, 1.807) is 0 Å². The zero-order valence-electron chi connectivity index (χ0n) is 21.2. The molecule has 1 heterocycles. The van der Waals surface area contributed by atoms with Crippen molar-refractivity contribution in [3.63, 3.8) is 0 Å². The molecule has 2 atom stereocenters. The van der Waals surface area contributed by atoms with Gasteiger partial charge in [0.1, 0.15) is 12.0 Å². The Balaban J connectivity index is 2.30. The smallest absolute Gasteiger partial charge is 0.325 e. The van der Waals surface area contributed by atoms with Crippen LogP contribution < -0.4 is 0 Å². The molecule has 1 aromatic heterocycles. The lowest BCUT2D eigenvalue weighted by Crippen LogP contribution is -2.38. The van der Waals surface area contributed by atoms with Gasteiger partial charge in [0.2, 0.25) is 0 Å². The molecule has 0 spiro atoms. The van der Waals surface area contributed by atoms with Gasteiger partial charge < -0.3 is 9.29 Å². The first-order chi connectivity index (χ1) is 16.4. The van der Waals surface area contributed by atoms with E-state index in [-0.39, 0.29) is 6.42 Å². The highest BCUT2D eigenvalue weighted by molar-refractivity contribution is 7.97. The molecule has 5 nitrogen and oxygen atoms in total. The topological polar surface area (TPSA) is 76.5 Å². The van der Waals surface area contributed by atoms with Crippen LogP contribution >= 0.6 is 23.4 Å². The molecule has 0 aliphatic carbocycles. The summed E-state index contributed by atoms with van der Waals surface area (Å²) >= 11 is 2.46. The summed E-state index contributed by atoms with van der Waals surface area (Å²) in [6.07, 6.45) is 9.21. The van der Waals surface area contributed by atoms with E-state index in [2.05, 4.69) is 32.7 Å². The minimum absolute atomic E-state index is 0.183. The highest BCUT2D eigenvalue weighted by atomic mass is 32.2. The van der Waals surface area contributed by atoms with Crippen molar-refractivity contribution in [3.05, 3.63) is 24.3 Å². The van der Waals surface area contributed by atoms with Crippen molar-refractivity contribution >= 4 is 45.5 Å². The molecule has 0 aliphatic heterocycles. The Labute approximate surface area is 213 Å². The fourth-order valence-corrected chi connectivity index (χ4v) is 6.46. The molecule has 0 amide bonds. The molecule has 7 heteroatoms. The maximum atomic E-state index is 13.7. The molecule has 0 bridgehead atoms. The van der Waals surface area contributed by atoms with Crippen LogP contribution in [-0.4, -0.2) is 22.0 Å². The highest BCUT2D eigenvalue weighted by Crippen LogP contribution is 2.44. The number of para-hydroxylation sites is 1. The number of hydrogen-bond donors (Lipinski definition) is 1. The number of hydrogen-bond acceptors (Lipinski definition) is 6. The van der Waals surface area contributed by atoms with Gasteiger partial charge in [-0.1, -0.05) is 91.2 Å². The lowest BCUT2D eigenvalue weighted by atomic mass is 9.68. The number of carboxylic acids is 1. The summed E-state index contributed by atoms with van der Waals surface area (Å²) in [6.45, 7) is 8.61. The van der Waals surface area contributed by atoms with Crippen LogP contribution in [0.1, 0.15) is 98.3 Å². The first-order valence-corrected chi connectivity index (χ1v) is 14.4. The second kappa shape index (κ2) is 14.7. The van der Waals surface area contributed by atoms with E-state index in [4.69, 9.17) is 4.18 Å². The molecule has 2 aromatic rings. The number of aromatic nitrogens is 1. The van der Waals surface area contributed by atoms with E-state index in [9.17, 15) is 14.7 Å². The Hall–Kier alpha value is -1.60. The standard InChI is InChI=1S/C27H41NO4S2/c1-5-9-13-20(7-3)17-27(19-24(29)30,18-21(8-4)14-10-6-2)25(31)32-34-26-28-22-15-11-12-16-23(22)33-26/h11-12,15-16,20-21H,5-10,13-14,17-19H2,1-4H3,(H,29,30). The summed E-state index contributed by atoms with van der Waals surface area (Å²) < 4.78 is 7.48. The predicted octanol–water partition coefficient (Wildman–Crippen LogP) is 8.52. The third-order valence-electron chi connectivity index (χ3n) is 6.83. The van der Waals surface area contributed by atoms with Crippen LogP contribution in [0.3, 0.4) is 0 Å². The van der Waals surface area contributed by atoms with Gasteiger partial charge in [-0.05, 0) is 36.8 Å². The molecule has 1 aromatic carbocycles. The molecule has 0 saturated heterocycles. The van der Waals surface area contributed by atoms with Gasteiger partial charge in [-0.2, -0.15) is 0 Å². The zero-order valence-corrected chi connectivity index (χ0v) is 22.8. The lowest BCUT2D eigenvalue weighted by Gasteiger charge is -2.36. The number of benzene rings is 1. The van der Waals surface area contributed by atoms with Crippen LogP contribution in [0.5, 0.6) is 0 Å².